The van der Waals surface area contributed by atoms with Crippen molar-refractivity contribution < 1.29 is 9.47 Å². The lowest BCUT2D eigenvalue weighted by molar-refractivity contribution is 0.289. The van der Waals surface area contributed by atoms with Crippen molar-refractivity contribution in [1.29, 1.82) is 0 Å². The summed E-state index contributed by atoms with van der Waals surface area (Å²) in [5, 5.41) is 8.71. The van der Waals surface area contributed by atoms with Gasteiger partial charge in [0.25, 0.3) is 0 Å². The van der Waals surface area contributed by atoms with Gasteiger partial charge in [-0.3, -0.25) is 0 Å². The van der Waals surface area contributed by atoms with Gasteiger partial charge >= 0.3 is 0 Å². The molecule has 0 aliphatic carbocycles. The lowest BCUT2D eigenvalue weighted by Crippen LogP contribution is -2.15. The molecule has 21 heavy (non-hydrogen) atoms. The summed E-state index contributed by atoms with van der Waals surface area (Å²) in [5.41, 5.74) is 1.05. The van der Waals surface area contributed by atoms with Gasteiger partial charge in [-0.05, 0) is 19.1 Å². The number of nitrogens with zero attached hydrogens (tertiary/aromatic N) is 3. The van der Waals surface area contributed by atoms with Gasteiger partial charge in [0.05, 0.1) is 7.11 Å². The third-order valence-electron chi connectivity index (χ3n) is 2.59. The highest BCUT2D eigenvalue weighted by molar-refractivity contribution is 7.99. The Morgan fingerprint density at radius 2 is 2.14 bits per heavy atom. The zero-order valence-electron chi connectivity index (χ0n) is 12.1. The van der Waals surface area contributed by atoms with E-state index < -0.39 is 0 Å². The maximum atomic E-state index is 5.95. The molecular formula is C14H18N4O2S. The Balaban J connectivity index is 1.98. The topological polar surface area (TPSA) is 75.2 Å². The molecule has 6 nitrogen and oxygen atoms in total. The fourth-order valence-corrected chi connectivity index (χ4v) is 2.25. The Kier molecular flexibility index (Phi) is 5.10. The van der Waals surface area contributed by atoms with Crippen LogP contribution in [0.5, 0.6) is 11.5 Å². The van der Waals surface area contributed by atoms with Gasteiger partial charge in [-0.25, -0.2) is 4.68 Å². The Morgan fingerprint density at radius 3 is 2.86 bits per heavy atom. The number of hydrogen-bond acceptors (Lipinski definition) is 6. The highest BCUT2D eigenvalue weighted by atomic mass is 32.2. The summed E-state index contributed by atoms with van der Waals surface area (Å²) in [5.74, 6) is 8.68. The van der Waals surface area contributed by atoms with Crippen molar-refractivity contribution in [2.75, 3.05) is 18.7 Å². The second-order valence-electron chi connectivity index (χ2n) is 4.48. The largest absolute Gasteiger partial charge is 0.497 e. The summed E-state index contributed by atoms with van der Waals surface area (Å²) in [6.07, 6.45) is 0. The molecule has 0 atom stereocenters. The predicted octanol–water partition coefficient (Wildman–Crippen LogP) is 2.25. The number of rotatable bonds is 7. The summed E-state index contributed by atoms with van der Waals surface area (Å²) in [6, 6.07) is 7.35. The lowest BCUT2D eigenvalue weighted by Gasteiger charge is -2.07. The minimum Gasteiger partial charge on any atom is -0.497 e. The number of nitrogens with two attached hydrogens (primary N) is 1. The zero-order valence-corrected chi connectivity index (χ0v) is 12.9. The minimum absolute atomic E-state index is 0.240. The van der Waals surface area contributed by atoms with Gasteiger partial charge in [0.15, 0.2) is 5.82 Å². The second-order valence-corrected chi connectivity index (χ2v) is 5.42. The highest BCUT2D eigenvalue weighted by Crippen LogP contribution is 2.21. The quantitative estimate of drug-likeness (QED) is 0.480. The van der Waals surface area contributed by atoms with Crippen LogP contribution in [0.4, 0.5) is 0 Å². The van der Waals surface area contributed by atoms with E-state index in [9.17, 15) is 0 Å². The van der Waals surface area contributed by atoms with Crippen LogP contribution in [0, 0.1) is 0 Å². The molecule has 0 unspecified atom stereocenters. The van der Waals surface area contributed by atoms with E-state index in [1.54, 1.807) is 13.2 Å². The molecule has 0 aliphatic rings. The standard InChI is InChI=1S/C14H18N4O2S/c1-10(2)9-21-14-17-16-13(18(14)15)8-20-12-6-4-5-11(7-12)19-3/h4-7H,1,8-9,15H2,2-3H3. The van der Waals surface area contributed by atoms with E-state index in [1.807, 2.05) is 25.1 Å². The van der Waals surface area contributed by atoms with Crippen LogP contribution in [0.2, 0.25) is 0 Å². The van der Waals surface area contributed by atoms with Crippen LogP contribution in [-0.2, 0) is 6.61 Å². The van der Waals surface area contributed by atoms with E-state index in [1.165, 1.54) is 16.4 Å². The van der Waals surface area contributed by atoms with Gasteiger partial charge in [0, 0.05) is 11.8 Å². The Morgan fingerprint density at radius 1 is 1.38 bits per heavy atom. The van der Waals surface area contributed by atoms with Crippen molar-refractivity contribution in [2.24, 2.45) is 0 Å². The number of hydrogen-bond donors (Lipinski definition) is 1. The molecule has 0 bridgehead atoms. The Hall–Kier alpha value is -2.15. The number of aromatic nitrogens is 3. The lowest BCUT2D eigenvalue weighted by atomic mass is 10.3. The van der Waals surface area contributed by atoms with Crippen LogP contribution in [0.3, 0.4) is 0 Å². The van der Waals surface area contributed by atoms with E-state index in [0.29, 0.717) is 16.7 Å². The van der Waals surface area contributed by atoms with Gasteiger partial charge in [-0.15, -0.1) is 10.2 Å². The first-order valence-corrected chi connectivity index (χ1v) is 7.32. The summed E-state index contributed by atoms with van der Waals surface area (Å²) in [6.45, 7) is 6.04. The molecule has 0 radical (unpaired) electrons. The molecule has 7 heteroatoms. The fourth-order valence-electron chi connectivity index (χ4n) is 1.53. The third-order valence-corrected chi connectivity index (χ3v) is 3.77. The monoisotopic (exact) mass is 306 g/mol. The molecule has 0 spiro atoms. The summed E-state index contributed by atoms with van der Waals surface area (Å²) < 4.78 is 12.2. The highest BCUT2D eigenvalue weighted by Gasteiger charge is 2.11. The van der Waals surface area contributed by atoms with Crippen LogP contribution in [0.1, 0.15) is 12.7 Å². The maximum absolute atomic E-state index is 5.95. The van der Waals surface area contributed by atoms with Gasteiger partial charge in [0.1, 0.15) is 18.1 Å². The summed E-state index contributed by atoms with van der Waals surface area (Å²) in [4.78, 5) is 0. The second kappa shape index (κ2) is 7.03. The Bertz CT molecular complexity index is 627. The summed E-state index contributed by atoms with van der Waals surface area (Å²) in [7, 11) is 1.61. The number of thioether (sulfide) groups is 1. The molecule has 1 aromatic heterocycles. The van der Waals surface area contributed by atoms with Crippen LogP contribution < -0.4 is 15.3 Å². The third kappa shape index (κ3) is 4.16. The molecule has 2 N–H and O–H groups in total. The smallest absolute Gasteiger partial charge is 0.210 e. The SMILES string of the molecule is C=C(C)CSc1nnc(COc2cccc(OC)c2)n1N. The van der Waals surface area contributed by atoms with E-state index in [4.69, 9.17) is 15.3 Å². The molecule has 1 heterocycles. The fraction of sp³-hybridized carbons (Fsp3) is 0.286. The molecule has 2 rings (SSSR count). The maximum Gasteiger partial charge on any atom is 0.210 e. The van der Waals surface area contributed by atoms with Gasteiger partial charge in [-0.2, -0.15) is 0 Å². The van der Waals surface area contributed by atoms with E-state index >= 15 is 0 Å². The van der Waals surface area contributed by atoms with E-state index in [-0.39, 0.29) is 6.61 Å². The average Bonchev–Trinajstić information content (AvgIpc) is 2.83. The van der Waals surface area contributed by atoms with Gasteiger partial charge < -0.3 is 15.3 Å². The van der Waals surface area contributed by atoms with Crippen molar-refractivity contribution >= 4 is 11.8 Å². The molecule has 0 amide bonds. The van der Waals surface area contributed by atoms with Gasteiger partial charge in [0.2, 0.25) is 5.16 Å². The number of ether oxygens (including phenoxy) is 2. The van der Waals surface area contributed by atoms with Crippen molar-refractivity contribution in [3.8, 4) is 11.5 Å². The first-order valence-electron chi connectivity index (χ1n) is 6.33. The molecule has 1 aromatic carbocycles. The van der Waals surface area contributed by atoms with Crippen LogP contribution in [0.15, 0.2) is 41.6 Å². The Labute approximate surface area is 127 Å². The van der Waals surface area contributed by atoms with Crippen molar-refractivity contribution in [1.82, 2.24) is 14.9 Å². The van der Waals surface area contributed by atoms with Gasteiger partial charge in [-0.1, -0.05) is 30.0 Å². The molecule has 2 aromatic rings. The molecule has 0 aliphatic heterocycles. The van der Waals surface area contributed by atoms with Crippen molar-refractivity contribution in [3.05, 3.63) is 42.2 Å². The normalized spacial score (nSPS) is 10.4. The van der Waals surface area contributed by atoms with E-state index in [0.717, 1.165) is 17.1 Å². The average molecular weight is 306 g/mol. The number of nitrogen functional groups attached to an aromatic ring is 1. The molecular weight excluding hydrogens is 288 g/mol. The number of methoxy groups -OCH3 is 1. The van der Waals surface area contributed by atoms with Crippen LogP contribution in [-0.4, -0.2) is 27.7 Å². The van der Waals surface area contributed by atoms with Crippen LogP contribution in [0.25, 0.3) is 0 Å². The molecule has 0 saturated carbocycles. The first kappa shape index (κ1) is 15.2. The van der Waals surface area contributed by atoms with E-state index in [2.05, 4.69) is 16.8 Å². The molecule has 0 saturated heterocycles. The number of benzene rings is 1. The first-order chi connectivity index (χ1) is 10.1. The minimum atomic E-state index is 0.240. The van der Waals surface area contributed by atoms with Crippen molar-refractivity contribution in [2.45, 2.75) is 18.7 Å². The predicted molar refractivity (Wildman–Crippen MR) is 83.0 cm³/mol. The van der Waals surface area contributed by atoms with Crippen molar-refractivity contribution in [3.63, 3.8) is 0 Å². The molecule has 0 fully saturated rings. The zero-order chi connectivity index (χ0) is 15.2. The summed E-state index contributed by atoms with van der Waals surface area (Å²) >= 11 is 1.49. The van der Waals surface area contributed by atoms with Crippen LogP contribution >= 0.6 is 11.8 Å². The molecule has 112 valence electrons.